The van der Waals surface area contributed by atoms with Crippen molar-refractivity contribution in [2.24, 2.45) is 11.8 Å². The van der Waals surface area contributed by atoms with Gasteiger partial charge < -0.3 is 20.6 Å². The number of carbonyl (C=O) groups excluding carboxylic acids is 3. The van der Waals surface area contributed by atoms with Gasteiger partial charge in [-0.15, -0.1) is 0 Å². The van der Waals surface area contributed by atoms with Crippen LogP contribution in [-0.2, 0) is 14.4 Å². The molecule has 0 unspecified atom stereocenters. The molecular formula is C52H51N4O4+. The molecule has 5 aromatic rings. The second-order valence-corrected chi connectivity index (χ2v) is 16.2. The summed E-state index contributed by atoms with van der Waals surface area (Å²) in [4.78, 5) is 43.2. The van der Waals surface area contributed by atoms with Crippen molar-refractivity contribution in [3.8, 4) is 0 Å². The fourth-order valence-corrected chi connectivity index (χ4v) is 7.11. The molecule has 0 heterocycles. The molecule has 7 rings (SSSR count). The van der Waals surface area contributed by atoms with Gasteiger partial charge in [-0.05, 0) is 76.2 Å². The van der Waals surface area contributed by atoms with Crippen molar-refractivity contribution in [2.75, 3.05) is 10.2 Å². The minimum Gasteiger partial charge on any atom is -0.506 e. The van der Waals surface area contributed by atoms with Gasteiger partial charge in [0.1, 0.15) is 5.76 Å². The number of hydrogen-bond donors (Lipinski definition) is 3. The van der Waals surface area contributed by atoms with Crippen LogP contribution in [0.3, 0.4) is 0 Å². The Labute approximate surface area is 352 Å². The zero-order valence-corrected chi connectivity index (χ0v) is 35.4. The zero-order chi connectivity index (χ0) is 42.8. The molecule has 0 spiro atoms. The van der Waals surface area contributed by atoms with E-state index in [2.05, 4.69) is 20.1 Å². The molecule has 0 fully saturated rings. The fourth-order valence-electron chi connectivity index (χ4n) is 7.11. The number of anilines is 4. The summed E-state index contributed by atoms with van der Waals surface area (Å²) in [5.41, 5.74) is 11.4. The Morgan fingerprint density at radius 1 is 0.583 bits per heavy atom. The average Bonchev–Trinajstić information content (AvgIpc) is 3.22. The number of Topliss-reactive ketones (excluding diaryl/α,β-unsaturated/α-hetero) is 1. The van der Waals surface area contributed by atoms with Crippen molar-refractivity contribution in [1.29, 1.82) is 0 Å². The second kappa shape index (κ2) is 17.0. The van der Waals surface area contributed by atoms with Crippen LogP contribution in [0.4, 0.5) is 34.1 Å². The van der Waals surface area contributed by atoms with Crippen LogP contribution in [0.25, 0.3) is 5.57 Å². The highest BCUT2D eigenvalue weighted by atomic mass is 16.3. The maximum absolute atomic E-state index is 14.5. The number of benzene rings is 5. The molecule has 2 aliphatic rings. The van der Waals surface area contributed by atoms with E-state index < -0.39 is 5.78 Å². The Hall–Kier alpha value is -7.06. The van der Waals surface area contributed by atoms with E-state index in [1.807, 2.05) is 149 Å². The molecule has 0 saturated carbocycles. The van der Waals surface area contributed by atoms with E-state index in [0.717, 1.165) is 56.4 Å². The maximum Gasteiger partial charge on any atom is 0.226 e. The first-order chi connectivity index (χ1) is 28.7. The highest BCUT2D eigenvalue weighted by molar-refractivity contribution is 6.40. The minimum atomic E-state index is -0.407. The van der Waals surface area contributed by atoms with Crippen molar-refractivity contribution in [3.63, 3.8) is 0 Å². The number of nitrogens with zero attached hydrogens (tertiary/aromatic N) is 2. The predicted molar refractivity (Wildman–Crippen MR) is 245 cm³/mol. The molecule has 0 radical (unpaired) electrons. The van der Waals surface area contributed by atoms with Crippen LogP contribution in [0.2, 0.25) is 0 Å². The van der Waals surface area contributed by atoms with Crippen LogP contribution in [0.5, 0.6) is 0 Å². The summed E-state index contributed by atoms with van der Waals surface area (Å²) < 4.78 is 2.09. The van der Waals surface area contributed by atoms with Crippen LogP contribution >= 0.6 is 0 Å². The number of rotatable bonds is 10. The summed E-state index contributed by atoms with van der Waals surface area (Å²) in [7, 11) is 0. The number of ketones is 1. The van der Waals surface area contributed by atoms with Gasteiger partial charge in [0.2, 0.25) is 34.7 Å². The molecule has 0 atom stereocenters. The van der Waals surface area contributed by atoms with Gasteiger partial charge in [-0.1, -0.05) is 98.5 Å². The number of carbonyl (C=O) groups is 3. The van der Waals surface area contributed by atoms with Crippen molar-refractivity contribution < 1.29 is 19.5 Å². The Bertz CT molecular complexity index is 2570. The highest BCUT2D eigenvalue weighted by Crippen LogP contribution is 2.45. The Balaban J connectivity index is 1.37. The van der Waals surface area contributed by atoms with Gasteiger partial charge in [-0.2, -0.15) is 4.58 Å². The molecule has 0 aromatic heterocycles. The molecular weight excluding hydrogens is 745 g/mol. The standard InChI is InChI=1S/C52H50N4O4/c1-31(2)51(59)53-45-29-41(55(37-17-9-33(5)10-18-37)38-19-11-34(6)12-20-38)25-27-43(45)47-49(57)48(50(47)58)44-28-26-42(30-46(44)54-52(60)32(3)4)56(39-21-13-35(7)14-22-39)40-23-15-36(8)16-24-40/h9-32H,1-8H3,(H2,53,54,57,58,59,60)/p+1. The molecule has 3 N–H and O–H groups in total. The second-order valence-electron chi connectivity index (χ2n) is 16.2. The molecule has 0 bridgehead atoms. The molecule has 0 aliphatic heterocycles. The summed E-state index contributed by atoms with van der Waals surface area (Å²) in [6.45, 7) is 15.4. The molecule has 2 amide bonds. The average molecular weight is 796 g/mol. The van der Waals surface area contributed by atoms with Crippen LogP contribution in [0, 0.1) is 39.5 Å². The number of aryl methyl sites for hydroxylation is 4. The van der Waals surface area contributed by atoms with Gasteiger partial charge in [0.15, 0.2) is 0 Å². The zero-order valence-electron chi connectivity index (χ0n) is 35.4. The minimum absolute atomic E-state index is 0.0824. The van der Waals surface area contributed by atoms with Crippen LogP contribution in [0.15, 0.2) is 156 Å². The summed E-state index contributed by atoms with van der Waals surface area (Å²) in [6, 6.07) is 38.2. The lowest BCUT2D eigenvalue weighted by Gasteiger charge is -2.29. The first-order valence-electron chi connectivity index (χ1n) is 20.3. The summed E-state index contributed by atoms with van der Waals surface area (Å²) in [5.74, 6) is -1.79. The van der Waals surface area contributed by atoms with E-state index in [-0.39, 0.29) is 40.6 Å². The quantitative estimate of drug-likeness (QED) is 0.0965. The Morgan fingerprint density at radius 3 is 1.50 bits per heavy atom. The van der Waals surface area contributed by atoms with E-state index in [9.17, 15) is 19.5 Å². The number of aliphatic hydroxyl groups is 1. The van der Waals surface area contributed by atoms with Crippen molar-refractivity contribution in [3.05, 3.63) is 184 Å². The molecule has 5 aromatic carbocycles. The predicted octanol–water partition coefficient (Wildman–Crippen LogP) is 11.3. The lowest BCUT2D eigenvalue weighted by molar-refractivity contribution is -0.123. The lowest BCUT2D eigenvalue weighted by atomic mass is 9.78. The Kier molecular flexibility index (Phi) is 11.7. The summed E-state index contributed by atoms with van der Waals surface area (Å²) >= 11 is 0. The van der Waals surface area contributed by atoms with Gasteiger partial charge in [0.05, 0.1) is 22.5 Å². The van der Waals surface area contributed by atoms with E-state index in [1.54, 1.807) is 39.8 Å². The van der Waals surface area contributed by atoms with E-state index in [1.165, 1.54) is 0 Å². The van der Waals surface area contributed by atoms with E-state index in [4.69, 9.17) is 0 Å². The van der Waals surface area contributed by atoms with Crippen molar-refractivity contribution >= 4 is 63.0 Å². The van der Waals surface area contributed by atoms with Crippen LogP contribution < -0.4 is 20.1 Å². The Morgan fingerprint density at radius 2 is 1.03 bits per heavy atom. The topological polar surface area (TPSA) is 102 Å². The summed E-state index contributed by atoms with van der Waals surface area (Å²) in [5, 5.41) is 18.0. The van der Waals surface area contributed by atoms with Crippen molar-refractivity contribution in [2.45, 2.75) is 55.4 Å². The SMILES string of the molecule is Cc1ccc(N(c2ccc(C)cc2)c2ccc(C3=C(O)/C(=C4/C=CC(=[N+](c5ccc(C)cc5)c5ccc(C)cc5)C=C4NC(=O)C(C)C)C3=O)c(NC(=O)C(C)C)c2)cc1. The summed E-state index contributed by atoms with van der Waals surface area (Å²) in [6.07, 6.45) is 5.50. The van der Waals surface area contributed by atoms with Crippen molar-refractivity contribution in [1.82, 2.24) is 9.89 Å². The monoisotopic (exact) mass is 795 g/mol. The molecule has 8 nitrogen and oxygen atoms in total. The molecule has 8 heteroatoms. The maximum atomic E-state index is 14.5. The molecule has 2 aliphatic carbocycles. The normalized spacial score (nSPS) is 14.9. The third-order valence-electron chi connectivity index (χ3n) is 10.7. The van der Waals surface area contributed by atoms with Gasteiger partial charge in [-0.25, -0.2) is 0 Å². The number of allylic oxidation sites excluding steroid dienone is 5. The molecule has 302 valence electrons. The molecule has 0 saturated heterocycles. The third kappa shape index (κ3) is 8.41. The van der Waals surface area contributed by atoms with Crippen LogP contribution in [-0.4, -0.2) is 28.4 Å². The largest absolute Gasteiger partial charge is 0.506 e. The first-order valence-corrected chi connectivity index (χ1v) is 20.3. The number of hydrogen-bond acceptors (Lipinski definition) is 5. The van der Waals surface area contributed by atoms with E-state index >= 15 is 0 Å². The number of amides is 2. The smallest absolute Gasteiger partial charge is 0.226 e. The lowest BCUT2D eigenvalue weighted by Crippen LogP contribution is -2.32. The number of aliphatic hydroxyl groups excluding tert-OH is 1. The van der Waals surface area contributed by atoms with Gasteiger partial charge in [0, 0.05) is 76.5 Å². The number of nitrogens with one attached hydrogen (secondary N) is 2. The highest BCUT2D eigenvalue weighted by Gasteiger charge is 2.40. The van der Waals surface area contributed by atoms with Crippen LogP contribution in [0.1, 0.15) is 55.5 Å². The van der Waals surface area contributed by atoms with Gasteiger partial charge in [0.25, 0.3) is 0 Å². The fraction of sp³-hybridized carbons (Fsp3) is 0.192. The van der Waals surface area contributed by atoms with Gasteiger partial charge >= 0.3 is 0 Å². The first kappa shape index (κ1) is 41.1. The third-order valence-corrected chi connectivity index (χ3v) is 10.7. The van der Waals surface area contributed by atoms with Gasteiger partial charge in [-0.3, -0.25) is 14.4 Å². The van der Waals surface area contributed by atoms with E-state index in [0.29, 0.717) is 22.5 Å². The molecule has 60 heavy (non-hydrogen) atoms.